The lowest BCUT2D eigenvalue weighted by Gasteiger charge is -2.12. The summed E-state index contributed by atoms with van der Waals surface area (Å²) in [5.74, 6) is 0.285. The molecule has 3 rings (SSSR count). The van der Waals surface area contributed by atoms with Crippen LogP contribution in [0.25, 0.3) is 6.08 Å². The van der Waals surface area contributed by atoms with Crippen LogP contribution in [0.3, 0.4) is 0 Å². The van der Waals surface area contributed by atoms with Gasteiger partial charge in [0.1, 0.15) is 18.1 Å². The number of rotatable bonds is 9. The van der Waals surface area contributed by atoms with Crippen LogP contribution >= 0.6 is 0 Å². The zero-order chi connectivity index (χ0) is 27.9. The van der Waals surface area contributed by atoms with Crippen molar-refractivity contribution < 1.29 is 35.5 Å². The topological polar surface area (TPSA) is 97.4 Å². The predicted molar refractivity (Wildman–Crippen MR) is 134 cm³/mol. The van der Waals surface area contributed by atoms with Crippen LogP contribution in [0.15, 0.2) is 60.7 Å². The van der Waals surface area contributed by atoms with Crippen LogP contribution in [0.2, 0.25) is 0 Å². The van der Waals surface area contributed by atoms with E-state index in [1.165, 1.54) is 12.1 Å². The van der Waals surface area contributed by atoms with E-state index in [1.54, 1.807) is 30.3 Å². The SMILES string of the molecule is C#Cc1cc(CNC(=O)/C=C/c2ccc(C(F)(F)F)nc2OCc2ccccc2)cc(F)c1NS(C)(=O)=O. The molecule has 1 aromatic heterocycles. The molecule has 0 bridgehead atoms. The maximum Gasteiger partial charge on any atom is 0.433 e. The third-order valence-corrected chi connectivity index (χ3v) is 5.45. The summed E-state index contributed by atoms with van der Waals surface area (Å²) in [6.07, 6.45) is 3.79. The van der Waals surface area contributed by atoms with E-state index in [0.717, 1.165) is 30.5 Å². The first-order valence-corrected chi connectivity index (χ1v) is 12.7. The molecule has 0 saturated carbocycles. The number of alkyl halides is 3. The van der Waals surface area contributed by atoms with E-state index >= 15 is 0 Å². The van der Waals surface area contributed by atoms with Gasteiger partial charge in [-0.25, -0.2) is 17.8 Å². The third kappa shape index (κ3) is 8.07. The second-order valence-electron chi connectivity index (χ2n) is 7.93. The highest BCUT2D eigenvalue weighted by molar-refractivity contribution is 7.92. The Hall–Kier alpha value is -4.37. The van der Waals surface area contributed by atoms with Crippen LogP contribution in [-0.4, -0.2) is 25.6 Å². The molecule has 7 nitrogen and oxygen atoms in total. The molecule has 2 aromatic carbocycles. The van der Waals surface area contributed by atoms with E-state index in [9.17, 15) is 30.8 Å². The fraction of sp³-hybridized carbons (Fsp3) is 0.154. The fourth-order valence-corrected chi connectivity index (χ4v) is 3.74. The van der Waals surface area contributed by atoms with Gasteiger partial charge in [-0.2, -0.15) is 13.2 Å². The van der Waals surface area contributed by atoms with Gasteiger partial charge in [0.05, 0.1) is 17.5 Å². The molecule has 0 fully saturated rings. The van der Waals surface area contributed by atoms with E-state index in [-0.39, 0.29) is 41.4 Å². The summed E-state index contributed by atoms with van der Waals surface area (Å²) in [7, 11) is -3.78. The average Bonchev–Trinajstić information content (AvgIpc) is 2.85. The fourth-order valence-electron chi connectivity index (χ4n) is 3.16. The Morgan fingerprint density at radius 3 is 2.47 bits per heavy atom. The molecule has 1 heterocycles. The lowest BCUT2D eigenvalue weighted by Crippen LogP contribution is -2.21. The van der Waals surface area contributed by atoms with Gasteiger partial charge in [0.15, 0.2) is 0 Å². The second kappa shape index (κ2) is 11.8. The van der Waals surface area contributed by atoms with Gasteiger partial charge >= 0.3 is 6.18 Å². The number of ether oxygens (including phenoxy) is 1. The number of carbonyl (C=O) groups is 1. The van der Waals surface area contributed by atoms with Crippen molar-refractivity contribution in [2.45, 2.75) is 19.3 Å². The van der Waals surface area contributed by atoms with Gasteiger partial charge in [-0.05, 0) is 41.5 Å². The zero-order valence-corrected chi connectivity index (χ0v) is 20.7. The van der Waals surface area contributed by atoms with Gasteiger partial charge in [-0.15, -0.1) is 6.42 Å². The predicted octanol–water partition coefficient (Wildman–Crippen LogP) is 4.50. The van der Waals surface area contributed by atoms with Gasteiger partial charge in [-0.3, -0.25) is 9.52 Å². The number of sulfonamides is 1. The van der Waals surface area contributed by atoms with Crippen LogP contribution in [0.1, 0.15) is 27.9 Å². The minimum atomic E-state index is -4.69. The molecule has 38 heavy (non-hydrogen) atoms. The van der Waals surface area contributed by atoms with Gasteiger partial charge in [0.25, 0.3) is 0 Å². The number of carbonyl (C=O) groups excluding carboxylic acids is 1. The Balaban J connectivity index is 1.74. The molecule has 0 atom stereocenters. The number of pyridine rings is 1. The maximum atomic E-state index is 14.4. The molecular formula is C26H21F4N3O4S. The van der Waals surface area contributed by atoms with Crippen LogP contribution in [0.5, 0.6) is 5.88 Å². The van der Waals surface area contributed by atoms with Crippen molar-refractivity contribution in [3.8, 4) is 18.2 Å². The smallest absolute Gasteiger partial charge is 0.433 e. The first kappa shape index (κ1) is 28.2. The number of terminal acetylenes is 1. The van der Waals surface area contributed by atoms with E-state index in [1.807, 2.05) is 4.72 Å². The number of nitrogens with one attached hydrogen (secondary N) is 2. The number of aromatic nitrogens is 1. The van der Waals surface area contributed by atoms with Crippen LogP contribution < -0.4 is 14.8 Å². The second-order valence-corrected chi connectivity index (χ2v) is 9.68. The van der Waals surface area contributed by atoms with Crippen LogP contribution in [-0.2, 0) is 34.1 Å². The lowest BCUT2D eigenvalue weighted by atomic mass is 10.1. The first-order valence-electron chi connectivity index (χ1n) is 10.8. The molecule has 12 heteroatoms. The molecule has 198 valence electrons. The van der Waals surface area contributed by atoms with Crippen molar-refractivity contribution in [3.63, 3.8) is 0 Å². The quantitative estimate of drug-likeness (QED) is 0.234. The summed E-state index contributed by atoms with van der Waals surface area (Å²) in [6.45, 7) is -0.216. The average molecular weight is 548 g/mol. The summed E-state index contributed by atoms with van der Waals surface area (Å²) in [4.78, 5) is 15.9. The van der Waals surface area contributed by atoms with Crippen molar-refractivity contribution in [2.75, 3.05) is 11.0 Å². The van der Waals surface area contributed by atoms with Gasteiger partial charge in [0, 0.05) is 18.2 Å². The summed E-state index contributed by atoms with van der Waals surface area (Å²) < 4.78 is 84.3. The monoisotopic (exact) mass is 547 g/mol. The molecule has 0 aliphatic carbocycles. The summed E-state index contributed by atoms with van der Waals surface area (Å²) >= 11 is 0. The lowest BCUT2D eigenvalue weighted by molar-refractivity contribution is -0.141. The van der Waals surface area contributed by atoms with Crippen molar-refractivity contribution in [3.05, 3.63) is 94.4 Å². The van der Waals surface area contributed by atoms with Gasteiger partial charge in [0.2, 0.25) is 21.8 Å². The van der Waals surface area contributed by atoms with Crippen molar-refractivity contribution in [2.24, 2.45) is 0 Å². The van der Waals surface area contributed by atoms with E-state index in [0.29, 0.717) is 5.56 Å². The first-order chi connectivity index (χ1) is 17.9. The number of amides is 1. The van der Waals surface area contributed by atoms with E-state index in [2.05, 4.69) is 16.2 Å². The number of halogens is 4. The molecule has 2 N–H and O–H groups in total. The summed E-state index contributed by atoms with van der Waals surface area (Å²) in [5.41, 5.74) is -0.521. The highest BCUT2D eigenvalue weighted by Crippen LogP contribution is 2.31. The minimum absolute atomic E-state index is 0.0462. The summed E-state index contributed by atoms with van der Waals surface area (Å²) in [5, 5.41) is 2.49. The van der Waals surface area contributed by atoms with Crippen molar-refractivity contribution in [1.29, 1.82) is 0 Å². The third-order valence-electron chi connectivity index (χ3n) is 4.87. The Morgan fingerprint density at radius 1 is 1.13 bits per heavy atom. The molecule has 0 unspecified atom stereocenters. The van der Waals surface area contributed by atoms with Crippen LogP contribution in [0, 0.1) is 18.2 Å². The Morgan fingerprint density at radius 2 is 1.84 bits per heavy atom. The molecule has 3 aromatic rings. The van der Waals surface area contributed by atoms with Gasteiger partial charge < -0.3 is 10.1 Å². The maximum absolute atomic E-state index is 14.4. The number of nitrogens with zero attached hydrogens (tertiary/aromatic N) is 1. The molecule has 0 radical (unpaired) electrons. The molecular weight excluding hydrogens is 526 g/mol. The normalized spacial score (nSPS) is 11.7. The number of hydrogen-bond donors (Lipinski definition) is 2. The Labute approximate surface area is 216 Å². The van der Waals surface area contributed by atoms with E-state index in [4.69, 9.17) is 11.2 Å². The number of anilines is 1. The molecule has 0 aliphatic rings. The molecule has 1 amide bonds. The summed E-state index contributed by atoms with van der Waals surface area (Å²) in [6, 6.07) is 13.0. The molecule has 0 saturated heterocycles. The largest absolute Gasteiger partial charge is 0.472 e. The standard InChI is InChI=1S/C26H21F4N3O4S/c1-3-19-13-18(14-21(27)24(19)33-38(2,35)36)15-31-23(34)12-10-20-9-11-22(26(28,29)30)32-25(20)37-16-17-7-5-4-6-8-17/h1,4-14,33H,15-16H2,2H3,(H,31,34)/b12-10+. The van der Waals surface area contributed by atoms with Crippen LogP contribution in [0.4, 0.5) is 23.2 Å². The molecule has 0 aliphatic heterocycles. The van der Waals surface area contributed by atoms with Gasteiger partial charge in [-0.1, -0.05) is 36.3 Å². The van der Waals surface area contributed by atoms with Crippen molar-refractivity contribution >= 4 is 27.7 Å². The Bertz CT molecular complexity index is 1500. The highest BCUT2D eigenvalue weighted by atomic mass is 32.2. The number of benzene rings is 2. The number of hydrogen-bond acceptors (Lipinski definition) is 5. The molecule has 0 spiro atoms. The van der Waals surface area contributed by atoms with Crippen molar-refractivity contribution in [1.82, 2.24) is 10.3 Å². The Kier molecular flexibility index (Phi) is 8.75. The van der Waals surface area contributed by atoms with E-state index < -0.39 is 33.6 Å². The zero-order valence-electron chi connectivity index (χ0n) is 19.8. The minimum Gasteiger partial charge on any atom is -0.472 e. The highest BCUT2D eigenvalue weighted by Gasteiger charge is 2.33.